The molecule has 5 fully saturated rings. The quantitative estimate of drug-likeness (QED) is 0.679. The zero-order valence-electron chi connectivity index (χ0n) is 15.5. The Hall–Kier alpha value is -1.45. The van der Waals surface area contributed by atoms with E-state index in [0.29, 0.717) is 23.8 Å². The molecule has 1 aromatic rings. The molecule has 9 heteroatoms. The van der Waals surface area contributed by atoms with Gasteiger partial charge in [0.1, 0.15) is 10.5 Å². The summed E-state index contributed by atoms with van der Waals surface area (Å²) in [6, 6.07) is 3.53. The Balaban J connectivity index is 1.37. The summed E-state index contributed by atoms with van der Waals surface area (Å²) in [5.41, 5.74) is 4.34. The van der Waals surface area contributed by atoms with Crippen molar-refractivity contribution < 1.29 is 18.4 Å². The first-order chi connectivity index (χ1) is 13.3. The number of primary amides is 1. The summed E-state index contributed by atoms with van der Waals surface area (Å²) in [6.45, 7) is 0. The zero-order valence-corrected chi connectivity index (χ0v) is 17.1. The van der Waals surface area contributed by atoms with E-state index in [2.05, 4.69) is 5.32 Å². The van der Waals surface area contributed by atoms with Crippen LogP contribution < -0.4 is 15.4 Å². The molecule has 4 bridgehead atoms. The van der Waals surface area contributed by atoms with Crippen LogP contribution in [-0.2, 0) is 20.9 Å². The molecule has 152 valence electrons. The molecule has 1 heterocycles. The number of amides is 2. The molecular formula is C19H24N3O4S2-. The van der Waals surface area contributed by atoms with Crippen LogP contribution in [0.25, 0.3) is 0 Å². The minimum Gasteiger partial charge on any atom is -0.755 e. The van der Waals surface area contributed by atoms with E-state index in [-0.39, 0.29) is 29.7 Å². The van der Waals surface area contributed by atoms with E-state index in [1.54, 1.807) is 12.1 Å². The van der Waals surface area contributed by atoms with Crippen LogP contribution >= 0.6 is 11.3 Å². The van der Waals surface area contributed by atoms with Gasteiger partial charge in [-0.15, -0.1) is 11.3 Å². The highest BCUT2D eigenvalue weighted by Gasteiger charge is 2.61. The molecule has 3 atom stereocenters. The van der Waals surface area contributed by atoms with E-state index >= 15 is 0 Å². The average molecular weight is 423 g/mol. The van der Waals surface area contributed by atoms with Gasteiger partial charge in [-0.1, -0.05) is 0 Å². The van der Waals surface area contributed by atoms with Crippen molar-refractivity contribution in [3.63, 3.8) is 0 Å². The number of thiophene rings is 1. The molecule has 0 saturated heterocycles. The molecule has 0 spiro atoms. The second-order valence-electron chi connectivity index (χ2n) is 9.11. The average Bonchev–Trinajstić information content (AvgIpc) is 3.24. The highest BCUT2D eigenvalue weighted by atomic mass is 32.2. The molecule has 3 N–H and O–H groups in total. The molecule has 0 radical (unpaired) electrons. The van der Waals surface area contributed by atoms with E-state index in [1.807, 2.05) is 5.38 Å². The Morgan fingerprint density at radius 1 is 1.25 bits per heavy atom. The molecule has 3 unspecified atom stereocenters. The monoisotopic (exact) mass is 422 g/mol. The van der Waals surface area contributed by atoms with E-state index < -0.39 is 22.2 Å². The second kappa shape index (κ2) is 6.27. The van der Waals surface area contributed by atoms with Crippen LogP contribution in [0, 0.1) is 23.2 Å². The Bertz CT molecular complexity index is 822. The maximum absolute atomic E-state index is 13.3. The normalized spacial score (nSPS) is 38.0. The SMILES string of the molecule is NC(=O)C12CC3CC(C1)C(NC(=O)C1(N(c4cccs4)S(=O)[O-])CC1)C(C3)C2. The van der Waals surface area contributed by atoms with Gasteiger partial charge in [0.05, 0.1) is 0 Å². The van der Waals surface area contributed by atoms with Crippen molar-refractivity contribution in [2.75, 3.05) is 4.31 Å². The predicted octanol–water partition coefficient (Wildman–Crippen LogP) is 1.68. The lowest BCUT2D eigenvalue weighted by Crippen LogP contribution is -2.64. The first-order valence-electron chi connectivity index (χ1n) is 9.89. The maximum Gasteiger partial charge on any atom is 0.247 e. The van der Waals surface area contributed by atoms with Crippen LogP contribution in [0.2, 0.25) is 0 Å². The number of hydrogen-bond donors (Lipinski definition) is 2. The zero-order chi connectivity index (χ0) is 19.7. The molecule has 5 saturated carbocycles. The molecule has 7 nitrogen and oxygen atoms in total. The van der Waals surface area contributed by atoms with Crippen molar-refractivity contribution >= 4 is 39.4 Å². The largest absolute Gasteiger partial charge is 0.755 e. The third-order valence-electron chi connectivity index (χ3n) is 7.48. The number of hydrogen-bond acceptors (Lipinski definition) is 5. The molecule has 6 rings (SSSR count). The van der Waals surface area contributed by atoms with Crippen molar-refractivity contribution in [3.8, 4) is 0 Å². The first-order valence-corrected chi connectivity index (χ1v) is 11.8. The summed E-state index contributed by atoms with van der Waals surface area (Å²) in [6.07, 6.45) is 5.48. The van der Waals surface area contributed by atoms with Crippen LogP contribution in [0.15, 0.2) is 17.5 Å². The van der Waals surface area contributed by atoms with Gasteiger partial charge < -0.3 is 15.6 Å². The number of carbonyl (C=O) groups is 2. The van der Waals surface area contributed by atoms with Crippen molar-refractivity contribution in [1.82, 2.24) is 5.32 Å². The van der Waals surface area contributed by atoms with Crippen molar-refractivity contribution in [3.05, 3.63) is 17.5 Å². The summed E-state index contributed by atoms with van der Waals surface area (Å²) in [5, 5.41) is 5.59. The van der Waals surface area contributed by atoms with E-state index in [0.717, 1.165) is 32.1 Å². The fourth-order valence-electron chi connectivity index (χ4n) is 6.30. The topological polar surface area (TPSA) is 116 Å². The van der Waals surface area contributed by atoms with Crippen LogP contribution in [-0.4, -0.2) is 32.2 Å². The molecular weight excluding hydrogens is 398 g/mol. The lowest BCUT2D eigenvalue weighted by Gasteiger charge is -2.59. The Morgan fingerprint density at radius 3 is 2.43 bits per heavy atom. The lowest BCUT2D eigenvalue weighted by atomic mass is 9.47. The Kier molecular flexibility index (Phi) is 4.16. The maximum atomic E-state index is 13.3. The first kappa shape index (κ1) is 18.6. The standard InChI is InChI=1S/C19H25N3O4S2/c20-16(23)18-8-11-6-12(9-18)15(13(7-11)10-18)21-17(24)19(3-4-19)22(28(25)26)14-2-1-5-27-14/h1-2,5,11-13,15H,3-4,6-10H2,(H2,20,23)(H,21,24)(H,25,26)/p-1. The van der Waals surface area contributed by atoms with Gasteiger partial charge in [0.25, 0.3) is 0 Å². The number of rotatable bonds is 6. The molecule has 1 aromatic heterocycles. The highest BCUT2D eigenvalue weighted by Crippen LogP contribution is 2.60. The number of nitrogens with two attached hydrogens (primary N) is 1. The van der Waals surface area contributed by atoms with E-state index in [9.17, 15) is 18.4 Å². The summed E-state index contributed by atoms with van der Waals surface area (Å²) in [7, 11) is 0. The lowest BCUT2D eigenvalue weighted by molar-refractivity contribution is -0.147. The van der Waals surface area contributed by atoms with Gasteiger partial charge in [0.15, 0.2) is 0 Å². The highest BCUT2D eigenvalue weighted by molar-refractivity contribution is 7.81. The smallest absolute Gasteiger partial charge is 0.247 e. The predicted molar refractivity (Wildman–Crippen MR) is 105 cm³/mol. The van der Waals surface area contributed by atoms with Crippen LogP contribution in [0.4, 0.5) is 5.00 Å². The van der Waals surface area contributed by atoms with E-state index in [1.165, 1.54) is 15.6 Å². The summed E-state index contributed by atoms with van der Waals surface area (Å²) < 4.78 is 25.1. The fourth-order valence-corrected chi connectivity index (χ4v) is 8.10. The number of nitrogens with zero attached hydrogens (tertiary/aromatic N) is 1. The van der Waals surface area contributed by atoms with Crippen molar-refractivity contribution in [2.24, 2.45) is 28.9 Å². The molecule has 28 heavy (non-hydrogen) atoms. The minimum absolute atomic E-state index is 0.0132. The number of carbonyl (C=O) groups excluding carboxylic acids is 2. The van der Waals surface area contributed by atoms with E-state index in [4.69, 9.17) is 5.73 Å². The van der Waals surface area contributed by atoms with Crippen LogP contribution in [0.3, 0.4) is 0 Å². The van der Waals surface area contributed by atoms with Gasteiger partial charge in [-0.2, -0.15) is 0 Å². The number of nitrogens with one attached hydrogen (secondary N) is 1. The van der Waals surface area contributed by atoms with Gasteiger partial charge in [0, 0.05) is 22.7 Å². The van der Waals surface area contributed by atoms with Gasteiger partial charge in [0.2, 0.25) is 11.8 Å². The molecule has 0 aliphatic heterocycles. The van der Waals surface area contributed by atoms with Crippen molar-refractivity contribution in [2.45, 2.75) is 56.5 Å². The van der Waals surface area contributed by atoms with Crippen molar-refractivity contribution in [1.29, 1.82) is 0 Å². The van der Waals surface area contributed by atoms with Gasteiger partial charge in [-0.25, -0.2) is 0 Å². The summed E-state index contributed by atoms with van der Waals surface area (Å²) in [5.74, 6) is 0.638. The van der Waals surface area contributed by atoms with Gasteiger partial charge in [-0.05, 0) is 80.2 Å². The van der Waals surface area contributed by atoms with Gasteiger partial charge in [-0.3, -0.25) is 18.1 Å². The summed E-state index contributed by atoms with van der Waals surface area (Å²) >= 11 is -1.20. The summed E-state index contributed by atoms with van der Waals surface area (Å²) in [4.78, 5) is 25.4. The third-order valence-corrected chi connectivity index (χ3v) is 9.30. The molecule has 0 aromatic carbocycles. The second-order valence-corrected chi connectivity index (χ2v) is 10.8. The third kappa shape index (κ3) is 2.66. The molecule has 2 amide bonds. The van der Waals surface area contributed by atoms with Gasteiger partial charge >= 0.3 is 0 Å². The Morgan fingerprint density at radius 2 is 1.93 bits per heavy atom. The van der Waals surface area contributed by atoms with Crippen LogP contribution in [0.1, 0.15) is 44.9 Å². The van der Waals surface area contributed by atoms with Crippen LogP contribution in [0.5, 0.6) is 0 Å². The number of anilines is 1. The molecule has 5 aliphatic rings. The fraction of sp³-hybridized carbons (Fsp3) is 0.684. The minimum atomic E-state index is -2.51. The Labute approximate surface area is 170 Å². The molecule has 5 aliphatic carbocycles.